The molecule has 0 amide bonds. The Labute approximate surface area is 222 Å². The van der Waals surface area contributed by atoms with Crippen LogP contribution in [0, 0.1) is 10.1 Å². The Morgan fingerprint density at radius 1 is 1.36 bits per heavy atom. The SMILES string of the molecule is C/C=C(\C/C=C(/F)C(C)O)COP1(=O)N(CCCl)CCCN1CCCl.CC1=CN=C([N+](=O)[O-])N(C)C1. The lowest BCUT2D eigenvalue weighted by molar-refractivity contribution is -0.363. The predicted octanol–water partition coefficient (Wildman–Crippen LogP) is 4.64. The molecular weight excluding hydrogens is 535 g/mol. The van der Waals surface area contributed by atoms with Crippen LogP contribution in [0.5, 0.6) is 0 Å². The van der Waals surface area contributed by atoms with Gasteiger partial charge in [-0.2, -0.15) is 0 Å². The van der Waals surface area contributed by atoms with Gasteiger partial charge in [-0.05, 0) is 55.8 Å². The summed E-state index contributed by atoms with van der Waals surface area (Å²) in [5.41, 5.74) is 1.81. The first kappa shape index (κ1) is 32.7. The second kappa shape index (κ2) is 16.5. The number of hydrogen-bond acceptors (Lipinski definition) is 7. The molecule has 2 aliphatic heterocycles. The average molecular weight is 572 g/mol. The minimum atomic E-state index is -3.21. The van der Waals surface area contributed by atoms with E-state index in [2.05, 4.69) is 4.99 Å². The van der Waals surface area contributed by atoms with Gasteiger partial charge in [0.1, 0.15) is 18.1 Å². The van der Waals surface area contributed by atoms with Crippen molar-refractivity contribution < 1.29 is 23.5 Å². The van der Waals surface area contributed by atoms with Gasteiger partial charge < -0.3 is 19.7 Å². The number of halogens is 3. The van der Waals surface area contributed by atoms with Gasteiger partial charge >= 0.3 is 13.6 Å². The number of allylic oxidation sites excluding steroid dienone is 2. The quantitative estimate of drug-likeness (QED) is 0.133. The molecule has 0 bridgehead atoms. The van der Waals surface area contributed by atoms with Crippen molar-refractivity contribution in [2.45, 2.75) is 39.7 Å². The van der Waals surface area contributed by atoms with Gasteiger partial charge in [0.15, 0.2) is 0 Å². The van der Waals surface area contributed by atoms with Crippen LogP contribution in [0.1, 0.15) is 33.6 Å². The largest absolute Gasteiger partial charge is 0.429 e. The molecule has 1 N–H and O–H groups in total. The van der Waals surface area contributed by atoms with Crippen molar-refractivity contribution in [3.8, 4) is 0 Å². The van der Waals surface area contributed by atoms with E-state index in [1.807, 2.05) is 13.8 Å². The van der Waals surface area contributed by atoms with E-state index < -0.39 is 24.5 Å². The highest BCUT2D eigenvalue weighted by Gasteiger charge is 2.41. The van der Waals surface area contributed by atoms with Crippen molar-refractivity contribution in [1.82, 2.24) is 14.2 Å². The first-order chi connectivity index (χ1) is 17.0. The van der Waals surface area contributed by atoms with E-state index in [9.17, 15) is 24.2 Å². The van der Waals surface area contributed by atoms with Crippen LogP contribution in [-0.2, 0) is 9.09 Å². The van der Waals surface area contributed by atoms with Crippen LogP contribution >= 0.6 is 30.9 Å². The molecule has 206 valence electrons. The number of nitrogens with zero attached hydrogens (tertiary/aromatic N) is 5. The molecule has 2 aliphatic rings. The van der Waals surface area contributed by atoms with Crippen molar-refractivity contribution in [3.05, 3.63) is 45.4 Å². The summed E-state index contributed by atoms with van der Waals surface area (Å²) in [6.45, 7) is 8.03. The number of hydrogen-bond donors (Lipinski definition) is 1. The molecular formula is C22H37Cl2FN5O5P. The van der Waals surface area contributed by atoms with Crippen molar-refractivity contribution in [2.75, 3.05) is 58.1 Å². The standard InChI is InChI=1S/C16H28Cl2FN2O3P.C6H9N3O2/c1-3-15(5-6-16(19)14(2)22)13-24-25(23)20(11-7-17)9-4-10-21(25)12-8-18;1-5-3-7-6(9(10)11)8(2)4-5/h3,6,14,22H,4-5,7-13H2,1-2H3;3H,4H2,1-2H3/b15-3+,16-6+;. The topological polar surface area (TPSA) is 112 Å². The fourth-order valence-corrected chi connectivity index (χ4v) is 6.62. The van der Waals surface area contributed by atoms with E-state index in [0.29, 0.717) is 44.5 Å². The van der Waals surface area contributed by atoms with Crippen molar-refractivity contribution >= 4 is 36.8 Å². The summed E-state index contributed by atoms with van der Waals surface area (Å²) in [7, 11) is -1.56. The lowest BCUT2D eigenvalue weighted by Gasteiger charge is -2.41. The Kier molecular flexibility index (Phi) is 15.0. The normalized spacial score (nSPS) is 20.3. The highest BCUT2D eigenvalue weighted by atomic mass is 35.5. The third kappa shape index (κ3) is 10.2. The number of guanidine groups is 1. The van der Waals surface area contributed by atoms with Gasteiger partial charge in [-0.3, -0.25) is 9.46 Å². The van der Waals surface area contributed by atoms with Gasteiger partial charge in [0.25, 0.3) is 0 Å². The fraction of sp³-hybridized carbons (Fsp3) is 0.682. The van der Waals surface area contributed by atoms with E-state index in [0.717, 1.165) is 17.6 Å². The summed E-state index contributed by atoms with van der Waals surface area (Å²) >= 11 is 11.7. The van der Waals surface area contributed by atoms with Gasteiger partial charge in [0, 0.05) is 37.9 Å². The summed E-state index contributed by atoms with van der Waals surface area (Å²) in [5, 5.41) is 19.5. The van der Waals surface area contributed by atoms with Crippen molar-refractivity contribution in [2.24, 2.45) is 4.99 Å². The minimum Gasteiger partial charge on any atom is -0.390 e. The summed E-state index contributed by atoms with van der Waals surface area (Å²) in [6.07, 6.45) is 4.68. The van der Waals surface area contributed by atoms with E-state index in [-0.39, 0.29) is 19.0 Å². The lowest BCUT2D eigenvalue weighted by Crippen LogP contribution is -2.41. The van der Waals surface area contributed by atoms with Gasteiger partial charge in [0.05, 0.1) is 20.2 Å². The number of aliphatic hydroxyl groups excluding tert-OH is 1. The van der Waals surface area contributed by atoms with E-state index in [4.69, 9.17) is 27.7 Å². The zero-order valence-corrected chi connectivity index (χ0v) is 23.7. The Morgan fingerprint density at radius 2 is 1.94 bits per heavy atom. The number of nitro groups is 1. The Balaban J connectivity index is 0.000000488. The molecule has 0 aliphatic carbocycles. The van der Waals surface area contributed by atoms with E-state index >= 15 is 0 Å². The first-order valence-corrected chi connectivity index (χ1v) is 14.2. The van der Waals surface area contributed by atoms with Crippen LogP contribution in [0.3, 0.4) is 0 Å². The zero-order valence-electron chi connectivity index (χ0n) is 21.3. The Bertz CT molecular complexity index is 878. The van der Waals surface area contributed by atoms with Crippen LogP contribution in [0.2, 0.25) is 0 Å². The van der Waals surface area contributed by atoms with E-state index in [1.54, 1.807) is 22.5 Å². The summed E-state index contributed by atoms with van der Waals surface area (Å²) < 4.78 is 36.4. The molecule has 0 aromatic rings. The third-order valence-corrected chi connectivity index (χ3v) is 8.44. The molecule has 1 unspecified atom stereocenters. The van der Waals surface area contributed by atoms with Crippen LogP contribution in [0.25, 0.3) is 0 Å². The Morgan fingerprint density at radius 3 is 2.39 bits per heavy atom. The highest BCUT2D eigenvalue weighted by molar-refractivity contribution is 7.54. The van der Waals surface area contributed by atoms with Gasteiger partial charge in [-0.15, -0.1) is 23.2 Å². The van der Waals surface area contributed by atoms with Crippen LogP contribution in [-0.4, -0.2) is 94.5 Å². The summed E-state index contributed by atoms with van der Waals surface area (Å²) in [5.74, 6) is 0.0497. The Hall–Kier alpha value is -1.33. The van der Waals surface area contributed by atoms with Crippen LogP contribution in [0.15, 0.2) is 40.3 Å². The number of aliphatic hydroxyl groups is 1. The molecule has 10 nitrogen and oxygen atoms in total. The summed E-state index contributed by atoms with van der Waals surface area (Å²) in [6, 6.07) is 0. The first-order valence-electron chi connectivity index (χ1n) is 11.6. The number of alkyl halides is 2. The maximum atomic E-state index is 13.5. The minimum absolute atomic E-state index is 0.0874. The van der Waals surface area contributed by atoms with Crippen LogP contribution in [0.4, 0.5) is 4.39 Å². The van der Waals surface area contributed by atoms with Crippen molar-refractivity contribution in [1.29, 1.82) is 0 Å². The fourth-order valence-electron chi connectivity index (χ4n) is 3.47. The molecule has 1 saturated heterocycles. The molecule has 1 fully saturated rings. The van der Waals surface area contributed by atoms with Gasteiger partial charge in [0.2, 0.25) is 0 Å². The zero-order chi connectivity index (χ0) is 27.3. The monoisotopic (exact) mass is 571 g/mol. The molecule has 0 radical (unpaired) electrons. The molecule has 36 heavy (non-hydrogen) atoms. The third-order valence-electron chi connectivity index (χ3n) is 5.41. The molecule has 0 spiro atoms. The molecule has 0 aromatic heterocycles. The number of likely N-dealkylation sites (N-methyl/N-ethyl adjacent to an activating group) is 1. The lowest BCUT2D eigenvalue weighted by atomic mass is 10.1. The van der Waals surface area contributed by atoms with Gasteiger partial charge in [-0.25, -0.2) is 13.7 Å². The highest BCUT2D eigenvalue weighted by Crippen LogP contribution is 2.56. The van der Waals surface area contributed by atoms with Crippen LogP contribution < -0.4 is 0 Å². The smallest absolute Gasteiger partial charge is 0.390 e. The molecule has 2 heterocycles. The average Bonchev–Trinajstić information content (AvgIpc) is 2.82. The molecule has 14 heteroatoms. The molecule has 2 rings (SSSR count). The molecule has 0 saturated carbocycles. The van der Waals surface area contributed by atoms with Crippen molar-refractivity contribution in [3.63, 3.8) is 0 Å². The van der Waals surface area contributed by atoms with Gasteiger partial charge in [-0.1, -0.05) is 11.1 Å². The second-order valence-electron chi connectivity index (χ2n) is 8.34. The molecule has 1 atom stereocenters. The number of rotatable bonds is 10. The number of aliphatic imine (C=N–C) groups is 1. The maximum absolute atomic E-state index is 13.5. The summed E-state index contributed by atoms with van der Waals surface area (Å²) in [4.78, 5) is 15.0. The predicted molar refractivity (Wildman–Crippen MR) is 143 cm³/mol. The second-order valence-corrected chi connectivity index (χ2v) is 11.5. The maximum Gasteiger partial charge on any atom is 0.429 e. The molecule has 0 aromatic carbocycles. The van der Waals surface area contributed by atoms with E-state index in [1.165, 1.54) is 24.1 Å².